The van der Waals surface area contributed by atoms with Crippen molar-refractivity contribution in [2.75, 3.05) is 26.2 Å². The maximum Gasteiger partial charge on any atom is 0.522 e. The number of rotatable bonds is 5. The van der Waals surface area contributed by atoms with E-state index >= 15 is 0 Å². The SMILES string of the molecule is FC(F)(F)OCCNCC1NCCC1C(F)(F)F. The van der Waals surface area contributed by atoms with E-state index in [-0.39, 0.29) is 26.1 Å². The molecule has 0 aromatic rings. The summed E-state index contributed by atoms with van der Waals surface area (Å²) in [4.78, 5) is 0. The first kappa shape index (κ1) is 15.5. The smallest absolute Gasteiger partial charge is 0.313 e. The Bertz CT molecular complexity index is 254. The lowest BCUT2D eigenvalue weighted by Crippen LogP contribution is -2.43. The van der Waals surface area contributed by atoms with Crippen molar-refractivity contribution in [1.29, 1.82) is 0 Å². The highest BCUT2D eigenvalue weighted by Gasteiger charge is 2.46. The van der Waals surface area contributed by atoms with Gasteiger partial charge in [0, 0.05) is 19.1 Å². The van der Waals surface area contributed by atoms with Crippen LogP contribution in [0.1, 0.15) is 6.42 Å². The van der Waals surface area contributed by atoms with Crippen LogP contribution < -0.4 is 10.6 Å². The zero-order chi connectivity index (χ0) is 13.8. The summed E-state index contributed by atoms with van der Waals surface area (Å²) in [6.07, 6.45) is -8.99. The molecule has 1 aliphatic heterocycles. The van der Waals surface area contributed by atoms with Crippen molar-refractivity contribution in [3.8, 4) is 0 Å². The number of alkyl halides is 6. The van der Waals surface area contributed by atoms with Gasteiger partial charge in [0.2, 0.25) is 0 Å². The number of hydrogen-bond donors (Lipinski definition) is 2. The average Bonchev–Trinajstić information content (AvgIpc) is 2.62. The Kier molecular flexibility index (Phi) is 5.23. The van der Waals surface area contributed by atoms with Gasteiger partial charge in [-0.1, -0.05) is 0 Å². The second-order valence-electron chi connectivity index (χ2n) is 4.00. The molecule has 1 fully saturated rings. The lowest BCUT2D eigenvalue weighted by atomic mass is 10.0. The Morgan fingerprint density at radius 1 is 1.17 bits per heavy atom. The maximum absolute atomic E-state index is 12.5. The summed E-state index contributed by atoms with van der Waals surface area (Å²) in [5.74, 6) is -1.45. The molecule has 9 heteroatoms. The summed E-state index contributed by atoms with van der Waals surface area (Å²) in [7, 11) is 0. The van der Waals surface area contributed by atoms with E-state index in [4.69, 9.17) is 0 Å². The standard InChI is InChI=1S/C9H14F6N2O/c10-8(11,12)6-1-2-17-7(6)5-16-3-4-18-9(13,14)15/h6-7,16-17H,1-5H2. The molecule has 1 heterocycles. The predicted molar refractivity (Wildman–Crippen MR) is 50.8 cm³/mol. The Balaban J connectivity index is 2.19. The molecule has 108 valence electrons. The fourth-order valence-electron chi connectivity index (χ4n) is 1.87. The molecule has 0 saturated carbocycles. The minimum atomic E-state index is -4.71. The fraction of sp³-hybridized carbons (Fsp3) is 1.00. The summed E-state index contributed by atoms with van der Waals surface area (Å²) in [6.45, 7) is -0.545. The topological polar surface area (TPSA) is 33.3 Å². The molecule has 2 N–H and O–H groups in total. The van der Waals surface area contributed by atoms with Crippen molar-refractivity contribution in [2.45, 2.75) is 25.0 Å². The zero-order valence-electron chi connectivity index (χ0n) is 9.37. The van der Waals surface area contributed by atoms with Crippen LogP contribution >= 0.6 is 0 Å². The normalized spacial score (nSPS) is 25.7. The lowest BCUT2D eigenvalue weighted by molar-refractivity contribution is -0.323. The van der Waals surface area contributed by atoms with E-state index < -0.39 is 31.1 Å². The second kappa shape index (κ2) is 6.07. The van der Waals surface area contributed by atoms with Gasteiger partial charge in [-0.2, -0.15) is 13.2 Å². The fourth-order valence-corrected chi connectivity index (χ4v) is 1.87. The Labute approximate surface area is 99.9 Å². The predicted octanol–water partition coefficient (Wildman–Crippen LogP) is 1.65. The lowest BCUT2D eigenvalue weighted by Gasteiger charge is -2.22. The number of nitrogens with one attached hydrogen (secondary N) is 2. The first-order chi connectivity index (χ1) is 8.20. The minimum Gasteiger partial charge on any atom is -0.313 e. The monoisotopic (exact) mass is 280 g/mol. The van der Waals surface area contributed by atoms with Gasteiger partial charge in [0.25, 0.3) is 0 Å². The quantitative estimate of drug-likeness (QED) is 0.593. The van der Waals surface area contributed by atoms with Crippen LogP contribution in [-0.2, 0) is 4.74 Å². The Morgan fingerprint density at radius 2 is 1.83 bits per heavy atom. The molecule has 0 radical (unpaired) electrons. The van der Waals surface area contributed by atoms with Crippen LogP contribution in [0.15, 0.2) is 0 Å². The van der Waals surface area contributed by atoms with Gasteiger partial charge in [-0.3, -0.25) is 4.74 Å². The summed E-state index contributed by atoms with van der Waals surface area (Å²) >= 11 is 0. The zero-order valence-corrected chi connectivity index (χ0v) is 9.37. The number of hydrogen-bond acceptors (Lipinski definition) is 3. The largest absolute Gasteiger partial charge is 0.522 e. The van der Waals surface area contributed by atoms with Crippen molar-refractivity contribution in [2.24, 2.45) is 5.92 Å². The molecular weight excluding hydrogens is 266 g/mol. The van der Waals surface area contributed by atoms with E-state index in [1.165, 1.54) is 0 Å². The molecule has 0 spiro atoms. The van der Waals surface area contributed by atoms with Crippen LogP contribution in [-0.4, -0.2) is 44.8 Å². The summed E-state index contributed by atoms with van der Waals surface area (Å²) in [5, 5.41) is 5.19. The molecule has 1 aliphatic rings. The van der Waals surface area contributed by atoms with E-state index in [1.807, 2.05) is 0 Å². The van der Waals surface area contributed by atoms with Crippen LogP contribution in [0.25, 0.3) is 0 Å². The van der Waals surface area contributed by atoms with Gasteiger partial charge < -0.3 is 10.6 Å². The van der Waals surface area contributed by atoms with Crippen molar-refractivity contribution in [1.82, 2.24) is 10.6 Å². The molecule has 0 aromatic heterocycles. The summed E-state index contributed by atoms with van der Waals surface area (Å²) in [5.41, 5.74) is 0. The van der Waals surface area contributed by atoms with E-state index in [0.717, 1.165) is 0 Å². The first-order valence-electron chi connectivity index (χ1n) is 5.41. The van der Waals surface area contributed by atoms with Gasteiger partial charge in [-0.05, 0) is 13.0 Å². The number of halogens is 6. The van der Waals surface area contributed by atoms with Gasteiger partial charge in [0.15, 0.2) is 0 Å². The van der Waals surface area contributed by atoms with Gasteiger partial charge in [0.1, 0.15) is 0 Å². The molecule has 2 unspecified atom stereocenters. The molecule has 1 rings (SSSR count). The van der Waals surface area contributed by atoms with E-state index in [2.05, 4.69) is 15.4 Å². The van der Waals surface area contributed by atoms with Crippen LogP contribution in [0.5, 0.6) is 0 Å². The molecule has 0 aliphatic carbocycles. The van der Waals surface area contributed by atoms with Crippen LogP contribution in [0.2, 0.25) is 0 Å². The molecule has 3 nitrogen and oxygen atoms in total. The summed E-state index contributed by atoms with van der Waals surface area (Å²) < 4.78 is 75.8. The van der Waals surface area contributed by atoms with E-state index in [9.17, 15) is 26.3 Å². The van der Waals surface area contributed by atoms with Crippen molar-refractivity contribution in [3.05, 3.63) is 0 Å². The second-order valence-corrected chi connectivity index (χ2v) is 4.00. The van der Waals surface area contributed by atoms with E-state index in [1.54, 1.807) is 0 Å². The van der Waals surface area contributed by atoms with Crippen molar-refractivity contribution >= 4 is 0 Å². The van der Waals surface area contributed by atoms with Crippen molar-refractivity contribution in [3.63, 3.8) is 0 Å². The molecule has 2 atom stereocenters. The van der Waals surface area contributed by atoms with Gasteiger partial charge >= 0.3 is 12.5 Å². The van der Waals surface area contributed by atoms with Crippen LogP contribution in [0, 0.1) is 5.92 Å². The molecular formula is C9H14F6N2O. The average molecular weight is 280 g/mol. The van der Waals surface area contributed by atoms with Gasteiger partial charge in [-0.15, -0.1) is 13.2 Å². The van der Waals surface area contributed by atoms with Crippen molar-refractivity contribution < 1.29 is 31.1 Å². The Hall–Kier alpha value is -0.540. The molecule has 18 heavy (non-hydrogen) atoms. The van der Waals surface area contributed by atoms with Crippen LogP contribution in [0.3, 0.4) is 0 Å². The summed E-state index contributed by atoms with van der Waals surface area (Å²) in [6, 6.07) is -0.795. The third-order valence-electron chi connectivity index (χ3n) is 2.68. The Morgan fingerprint density at radius 3 is 2.39 bits per heavy atom. The highest BCUT2D eigenvalue weighted by Crippen LogP contribution is 2.33. The third kappa shape index (κ3) is 5.40. The van der Waals surface area contributed by atoms with Crippen LogP contribution in [0.4, 0.5) is 26.3 Å². The van der Waals surface area contributed by atoms with E-state index in [0.29, 0.717) is 0 Å². The molecule has 0 aromatic carbocycles. The molecule has 0 bridgehead atoms. The third-order valence-corrected chi connectivity index (χ3v) is 2.68. The highest BCUT2D eigenvalue weighted by atomic mass is 19.4. The highest BCUT2D eigenvalue weighted by molar-refractivity contribution is 4.89. The first-order valence-corrected chi connectivity index (χ1v) is 5.41. The maximum atomic E-state index is 12.5. The molecule has 1 saturated heterocycles. The molecule has 0 amide bonds. The number of ether oxygens (including phenoxy) is 1. The van der Waals surface area contributed by atoms with Gasteiger partial charge in [0.05, 0.1) is 12.5 Å². The van der Waals surface area contributed by atoms with Gasteiger partial charge in [-0.25, -0.2) is 0 Å². The minimum absolute atomic E-state index is 0.00506.